The van der Waals surface area contributed by atoms with Gasteiger partial charge in [-0.2, -0.15) is 0 Å². The first-order chi connectivity index (χ1) is 8.99. The summed E-state index contributed by atoms with van der Waals surface area (Å²) < 4.78 is 0. The highest BCUT2D eigenvalue weighted by molar-refractivity contribution is 5.92. The Bertz CT molecular complexity index is 383. The van der Waals surface area contributed by atoms with Crippen molar-refractivity contribution in [3.63, 3.8) is 0 Å². The average Bonchev–Trinajstić information content (AvgIpc) is 2.37. The van der Waals surface area contributed by atoms with Crippen LogP contribution in [0.1, 0.15) is 52.4 Å². The van der Waals surface area contributed by atoms with Crippen molar-refractivity contribution in [3.8, 4) is 0 Å². The van der Waals surface area contributed by atoms with Gasteiger partial charge in [0.2, 0.25) is 5.91 Å². The van der Waals surface area contributed by atoms with Crippen LogP contribution in [0.2, 0.25) is 0 Å². The zero-order chi connectivity index (χ0) is 13.8. The summed E-state index contributed by atoms with van der Waals surface area (Å²) in [7, 11) is 2.03. The van der Waals surface area contributed by atoms with Crippen LogP contribution in [-0.2, 0) is 4.79 Å². The molecule has 0 radical (unpaired) electrons. The van der Waals surface area contributed by atoms with Gasteiger partial charge in [-0.1, -0.05) is 13.5 Å². The second-order valence-corrected chi connectivity index (χ2v) is 7.29. The number of nitrogens with zero attached hydrogens (tertiary/aromatic N) is 1. The SMILES string of the molecule is C=C(C)C(=O)N(C)C1(CC)C2CC3CC(C2)CC1C3. The van der Waals surface area contributed by atoms with E-state index in [-0.39, 0.29) is 11.4 Å². The summed E-state index contributed by atoms with van der Waals surface area (Å²) in [5, 5.41) is 0. The molecule has 0 aromatic carbocycles. The Morgan fingerprint density at radius 2 is 1.63 bits per heavy atom. The van der Waals surface area contributed by atoms with Gasteiger partial charge in [-0.3, -0.25) is 4.79 Å². The van der Waals surface area contributed by atoms with E-state index >= 15 is 0 Å². The van der Waals surface area contributed by atoms with Gasteiger partial charge >= 0.3 is 0 Å². The molecule has 4 rings (SSSR count). The van der Waals surface area contributed by atoms with Gasteiger partial charge in [0, 0.05) is 18.2 Å². The Morgan fingerprint density at radius 1 is 1.16 bits per heavy atom. The van der Waals surface area contributed by atoms with Crippen molar-refractivity contribution in [1.82, 2.24) is 4.90 Å². The van der Waals surface area contributed by atoms with E-state index in [2.05, 4.69) is 18.4 Å². The lowest BCUT2D eigenvalue weighted by Gasteiger charge is -2.64. The van der Waals surface area contributed by atoms with Crippen molar-refractivity contribution in [2.45, 2.75) is 57.9 Å². The highest BCUT2D eigenvalue weighted by atomic mass is 16.2. The van der Waals surface area contributed by atoms with E-state index in [9.17, 15) is 4.79 Å². The Hall–Kier alpha value is -0.790. The van der Waals surface area contributed by atoms with Gasteiger partial charge in [0.25, 0.3) is 0 Å². The number of carbonyl (C=O) groups is 1. The first kappa shape index (κ1) is 13.2. The molecule has 2 heteroatoms. The van der Waals surface area contributed by atoms with Crippen molar-refractivity contribution in [2.75, 3.05) is 7.05 Å². The topological polar surface area (TPSA) is 20.3 Å². The Morgan fingerprint density at radius 3 is 2.00 bits per heavy atom. The third kappa shape index (κ3) is 1.71. The summed E-state index contributed by atoms with van der Waals surface area (Å²) in [6.45, 7) is 7.99. The van der Waals surface area contributed by atoms with Gasteiger partial charge in [-0.25, -0.2) is 0 Å². The van der Waals surface area contributed by atoms with E-state index in [1.807, 2.05) is 14.0 Å². The lowest BCUT2D eigenvalue weighted by atomic mass is 9.47. The molecule has 0 N–H and O–H groups in total. The van der Waals surface area contributed by atoms with Crippen molar-refractivity contribution in [2.24, 2.45) is 23.7 Å². The van der Waals surface area contributed by atoms with Crippen LogP contribution in [0, 0.1) is 23.7 Å². The molecule has 1 amide bonds. The summed E-state index contributed by atoms with van der Waals surface area (Å²) in [4.78, 5) is 14.5. The third-order valence-corrected chi connectivity index (χ3v) is 6.41. The third-order valence-electron chi connectivity index (χ3n) is 6.41. The Labute approximate surface area is 117 Å². The molecule has 4 aliphatic rings. The molecule has 2 nitrogen and oxygen atoms in total. The van der Waals surface area contributed by atoms with Crippen molar-refractivity contribution < 1.29 is 4.79 Å². The standard InChI is InChI=1S/C17H27NO/c1-5-17(18(4)16(19)11(2)3)14-7-12-6-13(9-14)10-15(17)8-12/h12-15H,2,5-10H2,1,3-4H3. The summed E-state index contributed by atoms with van der Waals surface area (Å²) in [6, 6.07) is 0. The van der Waals surface area contributed by atoms with E-state index in [1.54, 1.807) is 0 Å². The molecular weight excluding hydrogens is 234 g/mol. The van der Waals surface area contributed by atoms with E-state index in [0.29, 0.717) is 5.57 Å². The molecular formula is C17H27NO. The minimum atomic E-state index is 0.128. The first-order valence-electron chi connectivity index (χ1n) is 7.92. The van der Waals surface area contributed by atoms with Crippen LogP contribution in [0.15, 0.2) is 12.2 Å². The maximum Gasteiger partial charge on any atom is 0.249 e. The van der Waals surface area contributed by atoms with Crippen LogP contribution in [0.25, 0.3) is 0 Å². The summed E-state index contributed by atoms with van der Waals surface area (Å²) in [5.41, 5.74) is 0.813. The van der Waals surface area contributed by atoms with Gasteiger partial charge in [0.05, 0.1) is 0 Å². The van der Waals surface area contributed by atoms with Gasteiger partial charge in [0.15, 0.2) is 0 Å². The molecule has 0 atom stereocenters. The van der Waals surface area contributed by atoms with Crippen LogP contribution < -0.4 is 0 Å². The molecule has 0 heterocycles. The van der Waals surface area contributed by atoms with E-state index in [0.717, 1.165) is 30.1 Å². The Kier molecular flexibility index (Phi) is 3.03. The van der Waals surface area contributed by atoms with Gasteiger partial charge < -0.3 is 4.90 Å². The summed E-state index contributed by atoms with van der Waals surface area (Å²) >= 11 is 0. The molecule has 106 valence electrons. The lowest BCUT2D eigenvalue weighted by molar-refractivity contribution is -0.158. The number of hydrogen-bond acceptors (Lipinski definition) is 1. The highest BCUT2D eigenvalue weighted by Crippen LogP contribution is 2.61. The monoisotopic (exact) mass is 261 g/mol. The molecule has 0 aromatic heterocycles. The van der Waals surface area contributed by atoms with Crippen LogP contribution in [0.3, 0.4) is 0 Å². The molecule has 4 saturated carbocycles. The normalized spacial score (nSPS) is 43.3. The maximum atomic E-state index is 12.5. The molecule has 0 spiro atoms. The number of carbonyl (C=O) groups excluding carboxylic acids is 1. The quantitative estimate of drug-likeness (QED) is 0.710. The minimum absolute atomic E-state index is 0.128. The predicted octanol–water partition coefficient (Wildman–Crippen LogP) is 3.63. The molecule has 0 aromatic rings. The van der Waals surface area contributed by atoms with Crippen LogP contribution in [0.4, 0.5) is 0 Å². The zero-order valence-corrected chi connectivity index (χ0v) is 12.6. The predicted molar refractivity (Wildman–Crippen MR) is 77.7 cm³/mol. The van der Waals surface area contributed by atoms with Crippen molar-refractivity contribution in [1.29, 1.82) is 0 Å². The summed E-state index contributed by atoms with van der Waals surface area (Å²) in [5.74, 6) is 3.55. The maximum absolute atomic E-state index is 12.5. The Balaban J connectivity index is 1.95. The fourth-order valence-electron chi connectivity index (χ4n) is 5.84. The fourth-order valence-corrected chi connectivity index (χ4v) is 5.84. The number of rotatable bonds is 3. The zero-order valence-electron chi connectivity index (χ0n) is 12.6. The molecule has 4 aliphatic carbocycles. The second-order valence-electron chi connectivity index (χ2n) is 7.29. The molecule has 0 unspecified atom stereocenters. The smallest absolute Gasteiger partial charge is 0.249 e. The van der Waals surface area contributed by atoms with Crippen LogP contribution in [-0.4, -0.2) is 23.4 Å². The molecule has 4 bridgehead atoms. The van der Waals surface area contributed by atoms with Crippen molar-refractivity contribution >= 4 is 5.91 Å². The van der Waals surface area contributed by atoms with Gasteiger partial charge in [-0.05, 0) is 69.1 Å². The van der Waals surface area contributed by atoms with E-state index < -0.39 is 0 Å². The molecule has 4 fully saturated rings. The van der Waals surface area contributed by atoms with Gasteiger partial charge in [-0.15, -0.1) is 0 Å². The fraction of sp³-hybridized carbons (Fsp3) is 0.824. The largest absolute Gasteiger partial charge is 0.336 e. The van der Waals surface area contributed by atoms with Crippen LogP contribution in [0.5, 0.6) is 0 Å². The first-order valence-corrected chi connectivity index (χ1v) is 7.92. The average molecular weight is 261 g/mol. The van der Waals surface area contributed by atoms with E-state index in [1.165, 1.54) is 32.1 Å². The number of likely N-dealkylation sites (N-methyl/N-ethyl adjacent to an activating group) is 1. The lowest BCUT2D eigenvalue weighted by Crippen LogP contribution is -2.66. The molecule has 0 saturated heterocycles. The number of hydrogen-bond donors (Lipinski definition) is 0. The molecule has 0 aliphatic heterocycles. The van der Waals surface area contributed by atoms with Gasteiger partial charge in [0.1, 0.15) is 0 Å². The highest BCUT2D eigenvalue weighted by Gasteiger charge is 2.58. The second kappa shape index (κ2) is 4.36. The summed E-state index contributed by atoms with van der Waals surface area (Å²) in [6.07, 6.45) is 7.99. The number of amides is 1. The molecule has 19 heavy (non-hydrogen) atoms. The minimum Gasteiger partial charge on any atom is -0.336 e. The van der Waals surface area contributed by atoms with Crippen LogP contribution >= 0.6 is 0 Å². The van der Waals surface area contributed by atoms with E-state index in [4.69, 9.17) is 0 Å². The van der Waals surface area contributed by atoms with Crippen molar-refractivity contribution in [3.05, 3.63) is 12.2 Å².